The maximum absolute atomic E-state index is 6.85. The fourth-order valence-electron chi connectivity index (χ4n) is 10.9. The van der Waals surface area contributed by atoms with Gasteiger partial charge >= 0.3 is 0 Å². The van der Waals surface area contributed by atoms with Gasteiger partial charge in [-0.05, 0) is 133 Å². The molecule has 7 aromatic carbocycles. The first kappa shape index (κ1) is 30.8. The number of rotatable bonds is 7. The standard InChI is InChI=1S/C50H42N2O/c1-3-14-39(15-4-1)51(41-24-22-38(23-25-41)50-31-34-26-35(32-50)28-36(27-34)33-50)47-30-42(29-45-44-19-9-10-21-48(44)53-49(45)47)52(40-16-5-2-6-17-40)46-20-11-13-37-12-7-8-18-43(37)46/h1-25,29-30,34-36H,26-28,31-33H2. The highest BCUT2D eigenvalue weighted by atomic mass is 16.3. The van der Waals surface area contributed by atoms with Crippen LogP contribution in [0, 0.1) is 17.8 Å². The summed E-state index contributed by atoms with van der Waals surface area (Å²) in [5.74, 6) is 2.75. The first-order valence-corrected chi connectivity index (χ1v) is 19.4. The van der Waals surface area contributed by atoms with Gasteiger partial charge in [0.15, 0.2) is 5.58 Å². The zero-order valence-electron chi connectivity index (χ0n) is 29.9. The normalized spacial score (nSPS) is 21.8. The van der Waals surface area contributed by atoms with Crippen LogP contribution in [0.1, 0.15) is 44.1 Å². The van der Waals surface area contributed by atoms with Crippen molar-refractivity contribution in [1.29, 1.82) is 0 Å². The van der Waals surface area contributed by atoms with Crippen molar-refractivity contribution in [2.24, 2.45) is 17.8 Å². The fraction of sp³-hybridized carbons (Fsp3) is 0.200. The first-order valence-electron chi connectivity index (χ1n) is 19.4. The zero-order valence-corrected chi connectivity index (χ0v) is 29.9. The number of hydrogen-bond acceptors (Lipinski definition) is 3. The van der Waals surface area contributed by atoms with Crippen molar-refractivity contribution in [3.8, 4) is 0 Å². The van der Waals surface area contributed by atoms with Gasteiger partial charge in [-0.25, -0.2) is 0 Å². The molecule has 4 aliphatic rings. The molecule has 4 bridgehead atoms. The lowest BCUT2D eigenvalue weighted by Gasteiger charge is -2.57. The molecule has 0 radical (unpaired) electrons. The lowest BCUT2D eigenvalue weighted by atomic mass is 9.48. The zero-order chi connectivity index (χ0) is 34.9. The molecule has 3 nitrogen and oxygen atoms in total. The number of furan rings is 1. The molecule has 0 amide bonds. The third kappa shape index (κ3) is 5.09. The summed E-state index contributed by atoms with van der Waals surface area (Å²) in [5, 5.41) is 4.63. The van der Waals surface area contributed by atoms with Crippen molar-refractivity contribution in [3.63, 3.8) is 0 Å². The van der Waals surface area contributed by atoms with E-state index in [1.807, 2.05) is 0 Å². The van der Waals surface area contributed by atoms with Crippen LogP contribution < -0.4 is 9.80 Å². The summed E-state index contributed by atoms with van der Waals surface area (Å²) >= 11 is 0. The average Bonchev–Trinajstić information content (AvgIpc) is 3.58. The van der Waals surface area contributed by atoms with Gasteiger partial charge in [-0.15, -0.1) is 0 Å². The van der Waals surface area contributed by atoms with Gasteiger partial charge in [0.05, 0.1) is 11.4 Å². The summed E-state index contributed by atoms with van der Waals surface area (Å²) in [6, 6.07) is 59.6. The molecule has 0 aliphatic heterocycles. The number of benzene rings is 7. The second-order valence-electron chi connectivity index (χ2n) is 16.0. The molecule has 8 aromatic rings. The Morgan fingerprint density at radius 1 is 0.434 bits per heavy atom. The fourth-order valence-corrected chi connectivity index (χ4v) is 10.9. The summed E-state index contributed by atoms with van der Waals surface area (Å²) in [6.07, 6.45) is 8.48. The third-order valence-corrected chi connectivity index (χ3v) is 12.8. The molecule has 4 aliphatic carbocycles. The van der Waals surface area contributed by atoms with Crippen LogP contribution in [0.3, 0.4) is 0 Å². The highest BCUT2D eigenvalue weighted by molar-refractivity contribution is 6.13. The summed E-state index contributed by atoms with van der Waals surface area (Å²) < 4.78 is 6.85. The molecular formula is C50H42N2O. The summed E-state index contributed by atoms with van der Waals surface area (Å²) in [7, 11) is 0. The minimum atomic E-state index is 0.353. The lowest BCUT2D eigenvalue weighted by molar-refractivity contribution is -0.00518. The van der Waals surface area contributed by atoms with Gasteiger partial charge in [0.1, 0.15) is 5.58 Å². The monoisotopic (exact) mass is 686 g/mol. The van der Waals surface area contributed by atoms with E-state index in [1.54, 1.807) is 5.56 Å². The minimum Gasteiger partial charge on any atom is -0.454 e. The molecule has 1 heterocycles. The van der Waals surface area contributed by atoms with Gasteiger partial charge in [0, 0.05) is 38.9 Å². The van der Waals surface area contributed by atoms with Crippen LogP contribution in [0.2, 0.25) is 0 Å². The maximum atomic E-state index is 6.85. The molecule has 3 heteroatoms. The number of fused-ring (bicyclic) bond motifs is 4. The summed E-state index contributed by atoms with van der Waals surface area (Å²) in [4.78, 5) is 4.82. The van der Waals surface area contributed by atoms with Crippen molar-refractivity contribution in [3.05, 3.63) is 169 Å². The van der Waals surface area contributed by atoms with Crippen LogP contribution >= 0.6 is 0 Å². The molecule has 0 atom stereocenters. The molecule has 0 N–H and O–H groups in total. The molecule has 0 spiro atoms. The maximum Gasteiger partial charge on any atom is 0.159 e. The van der Waals surface area contributed by atoms with E-state index >= 15 is 0 Å². The van der Waals surface area contributed by atoms with Gasteiger partial charge in [0.2, 0.25) is 0 Å². The van der Waals surface area contributed by atoms with E-state index in [4.69, 9.17) is 4.42 Å². The van der Waals surface area contributed by atoms with E-state index < -0.39 is 0 Å². The molecule has 53 heavy (non-hydrogen) atoms. The van der Waals surface area contributed by atoms with E-state index in [9.17, 15) is 0 Å². The van der Waals surface area contributed by atoms with Crippen LogP contribution in [0.15, 0.2) is 168 Å². The molecule has 4 saturated carbocycles. The number of nitrogens with zero attached hydrogens (tertiary/aromatic N) is 2. The number of anilines is 6. The predicted molar refractivity (Wildman–Crippen MR) is 220 cm³/mol. The third-order valence-electron chi connectivity index (χ3n) is 12.8. The van der Waals surface area contributed by atoms with Gasteiger partial charge in [0.25, 0.3) is 0 Å². The Morgan fingerprint density at radius 3 is 1.66 bits per heavy atom. The van der Waals surface area contributed by atoms with Gasteiger partial charge in [-0.2, -0.15) is 0 Å². The quantitative estimate of drug-likeness (QED) is 0.166. The van der Waals surface area contributed by atoms with E-state index in [0.717, 1.165) is 73.8 Å². The summed E-state index contributed by atoms with van der Waals surface area (Å²) in [5.41, 5.74) is 10.2. The smallest absolute Gasteiger partial charge is 0.159 e. The number of hydrogen-bond donors (Lipinski definition) is 0. The van der Waals surface area contributed by atoms with Crippen molar-refractivity contribution in [2.45, 2.75) is 43.9 Å². The van der Waals surface area contributed by atoms with E-state index in [-0.39, 0.29) is 0 Å². The second kappa shape index (κ2) is 12.1. The van der Waals surface area contributed by atoms with Crippen LogP contribution in [0.5, 0.6) is 0 Å². The van der Waals surface area contributed by atoms with Crippen molar-refractivity contribution in [1.82, 2.24) is 0 Å². The number of para-hydroxylation sites is 3. The Hall–Kier alpha value is -5.80. The Morgan fingerprint density at radius 2 is 0.981 bits per heavy atom. The average molecular weight is 687 g/mol. The highest BCUT2D eigenvalue weighted by Crippen LogP contribution is 2.61. The van der Waals surface area contributed by atoms with E-state index in [0.29, 0.717) is 5.41 Å². The predicted octanol–water partition coefficient (Wildman–Crippen LogP) is 14.1. The molecule has 0 unspecified atom stereocenters. The Kier molecular flexibility index (Phi) is 7.05. The van der Waals surface area contributed by atoms with Gasteiger partial charge in [-0.3, -0.25) is 0 Å². The van der Waals surface area contributed by atoms with E-state index in [2.05, 4.69) is 174 Å². The van der Waals surface area contributed by atoms with Crippen molar-refractivity contribution in [2.75, 3.05) is 9.80 Å². The minimum absolute atomic E-state index is 0.353. The lowest BCUT2D eigenvalue weighted by Crippen LogP contribution is -2.48. The van der Waals surface area contributed by atoms with Crippen LogP contribution in [-0.2, 0) is 5.41 Å². The molecule has 4 fully saturated rings. The SMILES string of the molecule is c1ccc(N(c2cc(N(c3ccccc3)c3ccc(C45CC6CC(CC(C6)C4)C5)cc3)c3oc4ccccc4c3c2)c2cccc3ccccc23)cc1. The summed E-state index contributed by atoms with van der Waals surface area (Å²) in [6.45, 7) is 0. The highest BCUT2D eigenvalue weighted by Gasteiger charge is 2.51. The van der Waals surface area contributed by atoms with Crippen LogP contribution in [0.4, 0.5) is 34.1 Å². The van der Waals surface area contributed by atoms with Gasteiger partial charge in [-0.1, -0.05) is 103 Å². The van der Waals surface area contributed by atoms with Crippen LogP contribution in [-0.4, -0.2) is 0 Å². The Balaban J connectivity index is 1.14. The molecule has 1 aromatic heterocycles. The topological polar surface area (TPSA) is 19.6 Å². The second-order valence-corrected chi connectivity index (χ2v) is 16.0. The molecule has 12 rings (SSSR count). The Labute approximate surface area is 311 Å². The van der Waals surface area contributed by atoms with Crippen molar-refractivity contribution < 1.29 is 4.42 Å². The first-order chi connectivity index (χ1) is 26.2. The van der Waals surface area contributed by atoms with Crippen molar-refractivity contribution >= 4 is 66.8 Å². The van der Waals surface area contributed by atoms with Gasteiger partial charge < -0.3 is 14.2 Å². The largest absolute Gasteiger partial charge is 0.454 e. The van der Waals surface area contributed by atoms with E-state index in [1.165, 1.54) is 49.3 Å². The Bertz CT molecular complexity index is 2560. The molecule has 258 valence electrons. The molecule has 0 saturated heterocycles. The molecular weight excluding hydrogens is 645 g/mol. The van der Waals surface area contributed by atoms with Crippen LogP contribution in [0.25, 0.3) is 32.7 Å².